The lowest BCUT2D eigenvalue weighted by Gasteiger charge is -2.40. The number of aryl methyl sites for hydroxylation is 2. The monoisotopic (exact) mass is 362 g/mol. The van der Waals surface area contributed by atoms with Crippen LogP contribution >= 0.6 is 11.8 Å². The molecule has 0 atom stereocenters. The van der Waals surface area contributed by atoms with Gasteiger partial charge in [-0.05, 0) is 39.3 Å². The number of pyridine rings is 1. The van der Waals surface area contributed by atoms with Crippen molar-refractivity contribution in [3.8, 4) is 6.07 Å². The third-order valence-electron chi connectivity index (χ3n) is 4.35. The minimum absolute atomic E-state index is 0.0452. The number of thioether (sulfide) groups is 1. The number of hydrogen-bond acceptors (Lipinski definition) is 6. The molecule has 0 radical (unpaired) electrons. The van der Waals surface area contributed by atoms with Gasteiger partial charge in [0.1, 0.15) is 11.1 Å². The molecule has 1 amide bonds. The summed E-state index contributed by atoms with van der Waals surface area (Å²) in [4.78, 5) is 19.0. The molecule has 1 aromatic rings. The summed E-state index contributed by atoms with van der Waals surface area (Å²) in [6.07, 6.45) is 0. The Bertz CT molecular complexity index is 664. The van der Waals surface area contributed by atoms with Crippen LogP contribution in [0.25, 0.3) is 0 Å². The van der Waals surface area contributed by atoms with Crippen LogP contribution in [-0.4, -0.2) is 59.9 Å². The summed E-state index contributed by atoms with van der Waals surface area (Å²) < 4.78 is 5.38. The molecule has 1 aliphatic heterocycles. The number of nitriles is 1. The van der Waals surface area contributed by atoms with E-state index in [0.717, 1.165) is 37.6 Å². The van der Waals surface area contributed by atoms with Crippen molar-refractivity contribution in [2.75, 3.05) is 38.6 Å². The number of hydrogen-bond donors (Lipinski definition) is 1. The van der Waals surface area contributed by atoms with E-state index in [0.29, 0.717) is 17.1 Å². The van der Waals surface area contributed by atoms with E-state index in [2.05, 4.69) is 35.1 Å². The number of morpholine rings is 1. The predicted molar refractivity (Wildman–Crippen MR) is 98.6 cm³/mol. The second kappa shape index (κ2) is 8.65. The quantitative estimate of drug-likeness (QED) is 0.779. The Kier molecular flexibility index (Phi) is 6.82. The Balaban J connectivity index is 1.88. The van der Waals surface area contributed by atoms with Crippen LogP contribution < -0.4 is 5.32 Å². The van der Waals surface area contributed by atoms with Crippen LogP contribution in [0.1, 0.15) is 30.7 Å². The number of amides is 1. The molecule has 0 unspecified atom stereocenters. The second-order valence-electron chi connectivity index (χ2n) is 6.85. The lowest BCUT2D eigenvalue weighted by Crippen LogP contribution is -2.55. The normalized spacial score (nSPS) is 15.6. The van der Waals surface area contributed by atoms with Gasteiger partial charge in [-0.3, -0.25) is 9.69 Å². The van der Waals surface area contributed by atoms with Crippen LogP contribution in [0, 0.1) is 25.2 Å². The Labute approximate surface area is 153 Å². The van der Waals surface area contributed by atoms with Crippen LogP contribution in [0.15, 0.2) is 11.1 Å². The maximum Gasteiger partial charge on any atom is 0.230 e. The Morgan fingerprint density at radius 3 is 2.76 bits per heavy atom. The van der Waals surface area contributed by atoms with E-state index in [1.54, 1.807) is 0 Å². The minimum atomic E-state index is -0.111. The summed E-state index contributed by atoms with van der Waals surface area (Å²) >= 11 is 1.31. The van der Waals surface area contributed by atoms with Crippen LogP contribution in [0.3, 0.4) is 0 Å². The summed E-state index contributed by atoms with van der Waals surface area (Å²) in [5.41, 5.74) is 2.19. The zero-order valence-corrected chi connectivity index (χ0v) is 16.2. The number of aromatic nitrogens is 1. The average molecular weight is 362 g/mol. The van der Waals surface area contributed by atoms with Crippen molar-refractivity contribution in [1.29, 1.82) is 5.26 Å². The van der Waals surface area contributed by atoms with Crippen LogP contribution in [0.4, 0.5) is 0 Å². The van der Waals surface area contributed by atoms with Gasteiger partial charge >= 0.3 is 0 Å². The van der Waals surface area contributed by atoms with Crippen molar-refractivity contribution in [3.63, 3.8) is 0 Å². The molecule has 25 heavy (non-hydrogen) atoms. The van der Waals surface area contributed by atoms with E-state index in [1.165, 1.54) is 11.8 Å². The van der Waals surface area contributed by atoms with E-state index < -0.39 is 0 Å². The van der Waals surface area contributed by atoms with Crippen molar-refractivity contribution in [2.45, 2.75) is 38.3 Å². The van der Waals surface area contributed by atoms with Crippen molar-refractivity contribution in [2.24, 2.45) is 0 Å². The summed E-state index contributed by atoms with van der Waals surface area (Å²) in [5.74, 6) is 0.209. The van der Waals surface area contributed by atoms with Gasteiger partial charge in [0.25, 0.3) is 0 Å². The first-order chi connectivity index (χ1) is 11.8. The number of nitrogens with zero attached hydrogens (tertiary/aromatic N) is 3. The first kappa shape index (κ1) is 19.7. The predicted octanol–water partition coefficient (Wildman–Crippen LogP) is 1.89. The fourth-order valence-electron chi connectivity index (χ4n) is 2.82. The van der Waals surface area contributed by atoms with Gasteiger partial charge in [-0.15, -0.1) is 0 Å². The van der Waals surface area contributed by atoms with Crippen LogP contribution in [0.2, 0.25) is 0 Å². The van der Waals surface area contributed by atoms with E-state index in [9.17, 15) is 10.1 Å². The van der Waals surface area contributed by atoms with Crippen molar-refractivity contribution in [1.82, 2.24) is 15.2 Å². The third-order valence-corrected chi connectivity index (χ3v) is 5.32. The highest BCUT2D eigenvalue weighted by Gasteiger charge is 2.28. The lowest BCUT2D eigenvalue weighted by molar-refractivity contribution is -0.119. The second-order valence-corrected chi connectivity index (χ2v) is 7.81. The molecule has 1 N–H and O–H groups in total. The molecule has 7 heteroatoms. The summed E-state index contributed by atoms with van der Waals surface area (Å²) in [7, 11) is 0. The van der Waals surface area contributed by atoms with Gasteiger partial charge in [0.05, 0.1) is 24.5 Å². The van der Waals surface area contributed by atoms with Gasteiger partial charge in [-0.1, -0.05) is 11.8 Å². The fraction of sp³-hybridized carbons (Fsp3) is 0.611. The molecule has 6 nitrogen and oxygen atoms in total. The van der Waals surface area contributed by atoms with Crippen LogP contribution in [0.5, 0.6) is 0 Å². The molecule has 0 aliphatic carbocycles. The minimum Gasteiger partial charge on any atom is -0.379 e. The van der Waals surface area contributed by atoms with Gasteiger partial charge in [0.2, 0.25) is 5.91 Å². The Morgan fingerprint density at radius 2 is 2.12 bits per heavy atom. The van der Waals surface area contributed by atoms with Gasteiger partial charge in [0.15, 0.2) is 0 Å². The molecule has 0 aromatic carbocycles. The van der Waals surface area contributed by atoms with E-state index in [4.69, 9.17) is 4.74 Å². The highest BCUT2D eigenvalue weighted by Crippen LogP contribution is 2.23. The first-order valence-electron chi connectivity index (χ1n) is 8.44. The highest BCUT2D eigenvalue weighted by molar-refractivity contribution is 8.00. The number of nitrogens with one attached hydrogen (secondary N) is 1. The van der Waals surface area contributed by atoms with Crippen LogP contribution in [-0.2, 0) is 9.53 Å². The van der Waals surface area contributed by atoms with Gasteiger partial charge in [-0.25, -0.2) is 4.98 Å². The summed E-state index contributed by atoms with van der Waals surface area (Å²) in [6.45, 7) is 11.9. The summed E-state index contributed by atoms with van der Waals surface area (Å²) in [6, 6.07) is 4.06. The van der Waals surface area contributed by atoms with Crippen molar-refractivity contribution in [3.05, 3.63) is 22.9 Å². The molecule has 1 aromatic heterocycles. The molecule has 1 aliphatic rings. The number of carbonyl (C=O) groups excluding carboxylic acids is 1. The Hall–Kier alpha value is -1.62. The molecule has 136 valence electrons. The molecular weight excluding hydrogens is 336 g/mol. The standard InChI is InChI=1S/C18H26N4O2S/c1-13-9-14(2)21-17(15(13)10-19)25-11-16(23)20-12-18(3,4)22-5-7-24-8-6-22/h9H,5-8,11-12H2,1-4H3,(H,20,23). The molecule has 0 bridgehead atoms. The van der Waals surface area contributed by atoms with E-state index >= 15 is 0 Å². The van der Waals surface area contributed by atoms with Crippen molar-refractivity contribution >= 4 is 17.7 Å². The smallest absolute Gasteiger partial charge is 0.230 e. The van der Waals surface area contributed by atoms with Crippen molar-refractivity contribution < 1.29 is 9.53 Å². The molecule has 1 fully saturated rings. The molecule has 0 saturated carbocycles. The zero-order valence-electron chi connectivity index (χ0n) is 15.4. The maximum absolute atomic E-state index is 12.2. The summed E-state index contributed by atoms with van der Waals surface area (Å²) in [5, 5.41) is 12.9. The number of carbonyl (C=O) groups is 1. The molecule has 0 spiro atoms. The SMILES string of the molecule is Cc1cc(C)c(C#N)c(SCC(=O)NCC(C)(C)N2CCOCC2)n1. The van der Waals surface area contributed by atoms with E-state index in [1.807, 2.05) is 19.9 Å². The van der Waals surface area contributed by atoms with Gasteiger partial charge < -0.3 is 10.1 Å². The Morgan fingerprint density at radius 1 is 1.44 bits per heavy atom. The molecule has 1 saturated heterocycles. The fourth-order valence-corrected chi connectivity index (χ4v) is 3.75. The number of rotatable bonds is 6. The van der Waals surface area contributed by atoms with E-state index in [-0.39, 0.29) is 17.2 Å². The maximum atomic E-state index is 12.2. The zero-order chi connectivity index (χ0) is 18.4. The first-order valence-corrected chi connectivity index (χ1v) is 9.42. The lowest BCUT2D eigenvalue weighted by atomic mass is 10.0. The molecule has 2 heterocycles. The number of ether oxygens (including phenoxy) is 1. The topological polar surface area (TPSA) is 78.2 Å². The molecule has 2 rings (SSSR count). The third kappa shape index (κ3) is 5.43. The largest absolute Gasteiger partial charge is 0.379 e. The van der Waals surface area contributed by atoms with Gasteiger partial charge in [-0.2, -0.15) is 5.26 Å². The van der Waals surface area contributed by atoms with Gasteiger partial charge in [0, 0.05) is 30.9 Å². The molecular formula is C18H26N4O2S. The highest BCUT2D eigenvalue weighted by atomic mass is 32.2. The average Bonchev–Trinajstić information content (AvgIpc) is 2.58.